The van der Waals surface area contributed by atoms with Crippen molar-refractivity contribution in [3.05, 3.63) is 138 Å². The van der Waals surface area contributed by atoms with E-state index in [2.05, 4.69) is 120 Å². The molecule has 5 nitrogen and oxygen atoms in total. The van der Waals surface area contributed by atoms with Crippen molar-refractivity contribution in [3.8, 4) is 22.3 Å². The normalized spacial score (nSPS) is 27.6. The first-order valence-corrected chi connectivity index (χ1v) is 32.2. The van der Waals surface area contributed by atoms with Crippen LogP contribution >= 0.6 is 0 Å². The Hall–Kier alpha value is -6.72. The van der Waals surface area contributed by atoms with Gasteiger partial charge >= 0.3 is 0 Å². The molecular formula is C76H71NO4. The maximum absolute atomic E-state index is 16.5. The van der Waals surface area contributed by atoms with Crippen molar-refractivity contribution in [2.75, 3.05) is 0 Å². The minimum absolute atomic E-state index is 0.0292. The number of para-hydroxylation sites is 2. The molecule has 21 rings (SSSR count). The number of carbonyl (C=O) groups is 2. The summed E-state index contributed by atoms with van der Waals surface area (Å²) in [6, 6.07) is 43.3. The Labute approximate surface area is 473 Å². The van der Waals surface area contributed by atoms with Gasteiger partial charge in [-0.2, -0.15) is 0 Å². The van der Waals surface area contributed by atoms with Crippen molar-refractivity contribution >= 4 is 93.5 Å². The SMILES string of the molecule is O=C1c2cc3c(cc2C2(C4CCCC4)CCC1(C1CCCC1)CC2)c1c(-c2cccc4oc5ccccc5c24)cc(-c2cccc4oc5ccccc5c24)c2c4cc5c(cc4n3c12)C(=O)C1(C2CCCC2)CCC5(C2CCCC2)CC1. The topological polar surface area (TPSA) is 64.8 Å². The molecule has 4 aromatic heterocycles. The molecule has 81 heavy (non-hydrogen) atoms. The number of furan rings is 2. The number of Topliss-reactive ketones (excluding diaryl/α,β-unsaturated/α-hetero) is 2. The number of nitrogens with zero attached hydrogens (tertiary/aromatic N) is 1. The lowest BCUT2D eigenvalue weighted by molar-refractivity contribution is 0.0390. The Kier molecular flexibility index (Phi) is 9.55. The molecule has 4 bridgehead atoms. The molecule has 10 aliphatic rings. The Bertz CT molecular complexity index is 4230. The second-order valence-corrected chi connectivity index (χ2v) is 28.0. The molecule has 7 aromatic carbocycles. The van der Waals surface area contributed by atoms with Crippen LogP contribution in [-0.4, -0.2) is 16.0 Å². The summed E-state index contributed by atoms with van der Waals surface area (Å²) in [5.41, 5.74) is 15.8. The number of carbonyl (C=O) groups excluding carboxylic acids is 2. The highest BCUT2D eigenvalue weighted by atomic mass is 16.3. The van der Waals surface area contributed by atoms with Gasteiger partial charge in [0.1, 0.15) is 22.3 Å². The van der Waals surface area contributed by atoms with E-state index in [0.29, 0.717) is 35.2 Å². The molecule has 4 heterocycles. The van der Waals surface area contributed by atoms with Gasteiger partial charge in [0.05, 0.1) is 16.6 Å². The van der Waals surface area contributed by atoms with E-state index in [0.717, 1.165) is 129 Å². The Morgan fingerprint density at radius 1 is 0.333 bits per heavy atom. The van der Waals surface area contributed by atoms with Gasteiger partial charge in [0.2, 0.25) is 0 Å². The zero-order valence-corrected chi connectivity index (χ0v) is 46.8. The quantitative estimate of drug-likeness (QED) is 0.166. The van der Waals surface area contributed by atoms with Crippen LogP contribution in [-0.2, 0) is 10.8 Å². The molecule has 0 radical (unpaired) electrons. The molecule has 6 saturated carbocycles. The van der Waals surface area contributed by atoms with Gasteiger partial charge in [-0.3, -0.25) is 9.59 Å². The fourth-order valence-electron chi connectivity index (χ4n) is 21.5. The van der Waals surface area contributed by atoms with Crippen molar-refractivity contribution in [3.63, 3.8) is 0 Å². The van der Waals surface area contributed by atoms with E-state index >= 15 is 9.59 Å². The van der Waals surface area contributed by atoms with E-state index in [-0.39, 0.29) is 21.7 Å². The molecule has 0 saturated heterocycles. The predicted molar refractivity (Wildman–Crippen MR) is 328 cm³/mol. The van der Waals surface area contributed by atoms with E-state index in [1.807, 2.05) is 0 Å². The van der Waals surface area contributed by atoms with E-state index in [1.54, 1.807) is 0 Å². The van der Waals surface area contributed by atoms with E-state index in [1.165, 1.54) is 152 Å². The molecule has 10 aliphatic carbocycles. The monoisotopic (exact) mass is 1060 g/mol. The molecule has 0 spiro atoms. The van der Waals surface area contributed by atoms with Crippen LogP contribution in [0.1, 0.15) is 186 Å². The van der Waals surface area contributed by atoms with E-state index in [9.17, 15) is 0 Å². The summed E-state index contributed by atoms with van der Waals surface area (Å²) in [6.45, 7) is 0. The highest BCUT2D eigenvalue weighted by molar-refractivity contribution is 6.34. The summed E-state index contributed by atoms with van der Waals surface area (Å²) in [5.74, 6) is 2.97. The van der Waals surface area contributed by atoms with E-state index < -0.39 is 0 Å². The standard InChI is InChI=1S/C76H71NO4/c78-71-54-42-60-56(40-58(54)73(44-15-1-2-16-44)31-35-75(71,36-32-73)46-19-5-6-20-46)68-52(48-25-13-29-64-66(48)50-23-9-11-27-62(50)80-64)39-53(49-26-14-30-65-67(49)51-24-10-12-28-63(51)81-65)69-57-41-59-55(43-61(57)77(60)70(68)69)72(79)76(47-21-7-8-22-47)37-33-74(59,34-38-76)45-17-3-4-18-45/h9-14,23-30,39-47H,1-8,15-22,31-38H2. The Balaban J connectivity index is 1.01. The van der Waals surface area contributed by atoms with Gasteiger partial charge in [0.15, 0.2) is 11.6 Å². The fraction of sp³-hybridized carbons (Fsp3) is 0.421. The third-order valence-corrected chi connectivity index (χ3v) is 25.3. The second kappa shape index (κ2) is 16.5. The van der Waals surface area contributed by atoms with Crippen molar-refractivity contribution in [2.24, 2.45) is 34.5 Å². The number of rotatable bonds is 6. The molecule has 404 valence electrons. The summed E-state index contributed by atoms with van der Waals surface area (Å²) >= 11 is 0. The van der Waals surface area contributed by atoms with Crippen LogP contribution in [0, 0.1) is 34.5 Å². The number of benzene rings is 7. The number of aromatic nitrogens is 1. The van der Waals surface area contributed by atoms with Crippen LogP contribution in [0.3, 0.4) is 0 Å². The molecule has 11 aromatic rings. The van der Waals surface area contributed by atoms with Crippen LogP contribution < -0.4 is 0 Å². The average Bonchev–Trinajstić information content (AvgIpc) is 2.13. The number of hydrogen-bond donors (Lipinski definition) is 0. The molecule has 0 unspecified atom stereocenters. The smallest absolute Gasteiger partial charge is 0.169 e. The largest absolute Gasteiger partial charge is 0.456 e. The molecule has 6 fully saturated rings. The number of ketones is 2. The van der Waals surface area contributed by atoms with Crippen LogP contribution in [0.4, 0.5) is 0 Å². The minimum atomic E-state index is -0.299. The zero-order valence-electron chi connectivity index (χ0n) is 46.8. The lowest BCUT2D eigenvalue weighted by Gasteiger charge is -2.48. The minimum Gasteiger partial charge on any atom is -0.456 e. The maximum Gasteiger partial charge on any atom is 0.169 e. The first kappa shape index (κ1) is 46.8. The van der Waals surface area contributed by atoms with Gasteiger partial charge in [-0.05, 0) is 225 Å². The third kappa shape index (κ3) is 5.90. The van der Waals surface area contributed by atoms with Crippen LogP contribution in [0.25, 0.3) is 104 Å². The van der Waals surface area contributed by atoms with Crippen molar-refractivity contribution in [1.82, 2.24) is 4.40 Å². The summed E-state index contributed by atoms with van der Waals surface area (Å²) < 4.78 is 16.2. The van der Waals surface area contributed by atoms with Gasteiger partial charge < -0.3 is 13.2 Å². The van der Waals surface area contributed by atoms with Crippen molar-refractivity contribution < 1.29 is 18.4 Å². The first-order chi connectivity index (χ1) is 39.9. The molecule has 0 amide bonds. The molecule has 0 N–H and O–H groups in total. The predicted octanol–water partition coefficient (Wildman–Crippen LogP) is 20.7. The lowest BCUT2D eigenvalue weighted by atomic mass is 9.55. The van der Waals surface area contributed by atoms with Gasteiger partial charge in [-0.1, -0.05) is 112 Å². The summed E-state index contributed by atoms with van der Waals surface area (Å²) in [7, 11) is 0. The maximum atomic E-state index is 16.5. The summed E-state index contributed by atoms with van der Waals surface area (Å²) in [6.07, 6.45) is 28.4. The first-order valence-electron chi connectivity index (χ1n) is 32.2. The molecule has 5 heteroatoms. The number of hydrogen-bond acceptors (Lipinski definition) is 4. The van der Waals surface area contributed by atoms with Gasteiger partial charge in [-0.15, -0.1) is 0 Å². The lowest BCUT2D eigenvalue weighted by Crippen LogP contribution is -2.43. The Morgan fingerprint density at radius 2 is 0.691 bits per heavy atom. The molecular weight excluding hydrogens is 991 g/mol. The van der Waals surface area contributed by atoms with Crippen LogP contribution in [0.2, 0.25) is 0 Å². The van der Waals surface area contributed by atoms with Crippen LogP contribution in [0.15, 0.2) is 124 Å². The average molecular weight is 1060 g/mol. The molecule has 0 aliphatic heterocycles. The van der Waals surface area contributed by atoms with Crippen molar-refractivity contribution in [1.29, 1.82) is 0 Å². The second-order valence-electron chi connectivity index (χ2n) is 28.0. The van der Waals surface area contributed by atoms with E-state index in [4.69, 9.17) is 8.83 Å². The van der Waals surface area contributed by atoms with Crippen molar-refractivity contribution in [2.45, 2.75) is 165 Å². The summed E-state index contributed by atoms with van der Waals surface area (Å²) in [4.78, 5) is 32.9. The zero-order chi connectivity index (χ0) is 53.1. The van der Waals surface area contributed by atoms with Gasteiger partial charge in [-0.25, -0.2) is 0 Å². The summed E-state index contributed by atoms with van der Waals surface area (Å²) in [5, 5.41) is 9.48. The number of fused-ring (bicyclic) bond motifs is 16. The highest BCUT2D eigenvalue weighted by Crippen LogP contribution is 2.66. The molecule has 0 atom stereocenters. The van der Waals surface area contributed by atoms with Gasteiger partial charge in [0, 0.05) is 65.0 Å². The highest BCUT2D eigenvalue weighted by Gasteiger charge is 2.60. The van der Waals surface area contributed by atoms with Gasteiger partial charge in [0.25, 0.3) is 0 Å². The van der Waals surface area contributed by atoms with Crippen LogP contribution in [0.5, 0.6) is 0 Å². The Morgan fingerprint density at radius 3 is 1.10 bits per heavy atom. The fourth-order valence-corrected chi connectivity index (χ4v) is 21.5. The third-order valence-electron chi connectivity index (χ3n) is 25.3.